The van der Waals surface area contributed by atoms with Crippen LogP contribution >= 0.6 is 11.3 Å². The Hall–Kier alpha value is -1.13. The summed E-state index contributed by atoms with van der Waals surface area (Å²) in [6.07, 6.45) is 2.26. The fourth-order valence-electron chi connectivity index (χ4n) is 2.45. The van der Waals surface area contributed by atoms with Crippen molar-refractivity contribution in [2.75, 3.05) is 31.1 Å². The number of hydrogen-bond donors (Lipinski definition) is 1. The highest BCUT2D eigenvalue weighted by atomic mass is 32.1. The molecule has 0 unspecified atom stereocenters. The number of aryl methyl sites for hydroxylation is 1. The van der Waals surface area contributed by atoms with Crippen LogP contribution < -0.4 is 10.2 Å². The van der Waals surface area contributed by atoms with Gasteiger partial charge in [0.25, 0.3) is 0 Å². The molecule has 0 spiro atoms. The van der Waals surface area contributed by atoms with Crippen LogP contribution in [0, 0.1) is 0 Å². The van der Waals surface area contributed by atoms with E-state index in [1.54, 1.807) is 0 Å². The Morgan fingerprint density at radius 1 is 1.33 bits per heavy atom. The number of thiazole rings is 1. The third-order valence-electron chi connectivity index (χ3n) is 3.48. The summed E-state index contributed by atoms with van der Waals surface area (Å²) in [5.41, 5.74) is 2.57. The molecular weight excluding hydrogens is 242 g/mol. The maximum Gasteiger partial charge on any atom is 0.186 e. The second-order valence-electron chi connectivity index (χ2n) is 4.70. The van der Waals surface area contributed by atoms with Gasteiger partial charge in [-0.3, -0.25) is 0 Å². The lowest BCUT2D eigenvalue weighted by atomic mass is 10.1. The highest BCUT2D eigenvalue weighted by molar-refractivity contribution is 7.22. The Morgan fingerprint density at radius 3 is 3.17 bits per heavy atom. The minimum atomic E-state index is 1.06. The predicted molar refractivity (Wildman–Crippen MR) is 78.7 cm³/mol. The zero-order valence-electron chi connectivity index (χ0n) is 10.8. The summed E-state index contributed by atoms with van der Waals surface area (Å²) in [7, 11) is 0. The summed E-state index contributed by atoms with van der Waals surface area (Å²) in [5, 5.41) is 4.63. The summed E-state index contributed by atoms with van der Waals surface area (Å²) in [6, 6.07) is 6.52. The number of rotatable bonds is 2. The highest BCUT2D eigenvalue weighted by Crippen LogP contribution is 2.31. The molecule has 0 aliphatic carbocycles. The van der Waals surface area contributed by atoms with Gasteiger partial charge in [0.1, 0.15) is 0 Å². The van der Waals surface area contributed by atoms with Crippen LogP contribution in [0.2, 0.25) is 0 Å². The number of anilines is 1. The van der Waals surface area contributed by atoms with E-state index in [1.807, 2.05) is 11.3 Å². The second kappa shape index (κ2) is 5.24. The number of benzene rings is 1. The smallest absolute Gasteiger partial charge is 0.186 e. The number of fused-ring (bicyclic) bond motifs is 1. The average molecular weight is 261 g/mol. The number of aromatic nitrogens is 1. The van der Waals surface area contributed by atoms with Gasteiger partial charge in [-0.25, -0.2) is 4.98 Å². The Morgan fingerprint density at radius 2 is 2.28 bits per heavy atom. The fraction of sp³-hybridized carbons (Fsp3) is 0.500. The van der Waals surface area contributed by atoms with Gasteiger partial charge in [0.05, 0.1) is 10.2 Å². The molecule has 0 bridgehead atoms. The Kier molecular flexibility index (Phi) is 3.48. The van der Waals surface area contributed by atoms with Crippen molar-refractivity contribution in [1.29, 1.82) is 0 Å². The Balaban J connectivity index is 1.96. The molecule has 0 atom stereocenters. The summed E-state index contributed by atoms with van der Waals surface area (Å²) in [5.74, 6) is 0. The molecule has 0 saturated carbocycles. The van der Waals surface area contributed by atoms with E-state index in [0.717, 1.165) is 32.6 Å². The first-order valence-corrected chi connectivity index (χ1v) is 7.54. The summed E-state index contributed by atoms with van der Waals surface area (Å²) in [4.78, 5) is 7.29. The van der Waals surface area contributed by atoms with Gasteiger partial charge in [0, 0.05) is 19.6 Å². The molecule has 3 rings (SSSR count). The largest absolute Gasteiger partial charge is 0.347 e. The molecular formula is C14H19N3S. The lowest BCUT2D eigenvalue weighted by Crippen LogP contribution is -2.27. The molecule has 18 heavy (non-hydrogen) atoms. The lowest BCUT2D eigenvalue weighted by molar-refractivity contribution is 0.724. The van der Waals surface area contributed by atoms with Crippen molar-refractivity contribution in [2.24, 2.45) is 0 Å². The number of hydrogen-bond acceptors (Lipinski definition) is 4. The molecule has 1 aromatic carbocycles. The van der Waals surface area contributed by atoms with E-state index >= 15 is 0 Å². The standard InChI is InChI=1S/C14H19N3S/c1-2-11-5-3-6-12-13(11)16-14(18-12)17-9-4-7-15-8-10-17/h3,5-6,15H,2,4,7-10H2,1H3. The molecule has 4 heteroatoms. The molecule has 1 saturated heterocycles. The number of nitrogens with one attached hydrogen (secondary N) is 1. The van der Waals surface area contributed by atoms with Crippen LogP contribution in [0.4, 0.5) is 5.13 Å². The molecule has 0 amide bonds. The summed E-state index contributed by atoms with van der Waals surface area (Å²) < 4.78 is 1.32. The average Bonchev–Trinajstić information content (AvgIpc) is 2.65. The van der Waals surface area contributed by atoms with Crippen LogP contribution in [-0.2, 0) is 6.42 Å². The van der Waals surface area contributed by atoms with Crippen molar-refractivity contribution < 1.29 is 0 Å². The van der Waals surface area contributed by atoms with Gasteiger partial charge in [0.2, 0.25) is 0 Å². The van der Waals surface area contributed by atoms with Gasteiger partial charge >= 0.3 is 0 Å². The van der Waals surface area contributed by atoms with Gasteiger partial charge in [-0.05, 0) is 31.0 Å². The molecule has 96 valence electrons. The maximum atomic E-state index is 4.87. The first kappa shape index (κ1) is 11.9. The van der Waals surface area contributed by atoms with E-state index in [0.29, 0.717) is 0 Å². The minimum absolute atomic E-state index is 1.06. The van der Waals surface area contributed by atoms with E-state index in [2.05, 4.69) is 35.3 Å². The normalized spacial score (nSPS) is 17.1. The molecule has 3 nitrogen and oxygen atoms in total. The van der Waals surface area contributed by atoms with Gasteiger partial charge in [-0.15, -0.1) is 0 Å². The molecule has 1 fully saturated rings. The minimum Gasteiger partial charge on any atom is -0.347 e. The number of nitrogens with zero attached hydrogens (tertiary/aromatic N) is 2. The van der Waals surface area contributed by atoms with E-state index in [-0.39, 0.29) is 0 Å². The molecule has 2 heterocycles. The van der Waals surface area contributed by atoms with Crippen LogP contribution in [0.1, 0.15) is 18.9 Å². The Labute approximate surface area is 112 Å². The quantitative estimate of drug-likeness (QED) is 0.901. The molecule has 2 aromatic rings. The van der Waals surface area contributed by atoms with Crippen molar-refractivity contribution in [2.45, 2.75) is 19.8 Å². The maximum absolute atomic E-state index is 4.87. The first-order chi connectivity index (χ1) is 8.88. The van der Waals surface area contributed by atoms with Crippen molar-refractivity contribution >= 4 is 26.7 Å². The molecule has 1 N–H and O–H groups in total. The second-order valence-corrected chi connectivity index (χ2v) is 5.71. The van der Waals surface area contributed by atoms with E-state index in [4.69, 9.17) is 4.98 Å². The van der Waals surface area contributed by atoms with Crippen LogP contribution in [0.25, 0.3) is 10.2 Å². The van der Waals surface area contributed by atoms with Crippen LogP contribution in [-0.4, -0.2) is 31.2 Å². The SMILES string of the molecule is CCc1cccc2sc(N3CCCNCC3)nc12. The van der Waals surface area contributed by atoms with Crippen molar-refractivity contribution in [1.82, 2.24) is 10.3 Å². The Bertz CT molecular complexity index is 527. The van der Waals surface area contributed by atoms with Gasteiger partial charge in [-0.1, -0.05) is 30.4 Å². The molecule has 0 radical (unpaired) electrons. The van der Waals surface area contributed by atoms with Crippen LogP contribution in [0.15, 0.2) is 18.2 Å². The zero-order chi connectivity index (χ0) is 12.4. The number of para-hydroxylation sites is 1. The highest BCUT2D eigenvalue weighted by Gasteiger charge is 2.14. The first-order valence-electron chi connectivity index (χ1n) is 6.72. The van der Waals surface area contributed by atoms with Gasteiger partial charge < -0.3 is 10.2 Å². The van der Waals surface area contributed by atoms with E-state index in [9.17, 15) is 0 Å². The van der Waals surface area contributed by atoms with Crippen molar-refractivity contribution in [3.05, 3.63) is 23.8 Å². The van der Waals surface area contributed by atoms with Gasteiger partial charge in [-0.2, -0.15) is 0 Å². The van der Waals surface area contributed by atoms with Crippen LogP contribution in [0.5, 0.6) is 0 Å². The van der Waals surface area contributed by atoms with Crippen molar-refractivity contribution in [3.8, 4) is 0 Å². The van der Waals surface area contributed by atoms with E-state index < -0.39 is 0 Å². The molecule has 1 aromatic heterocycles. The van der Waals surface area contributed by atoms with E-state index in [1.165, 1.54) is 27.3 Å². The molecule has 1 aliphatic heterocycles. The molecule has 1 aliphatic rings. The van der Waals surface area contributed by atoms with Crippen LogP contribution in [0.3, 0.4) is 0 Å². The lowest BCUT2D eigenvalue weighted by Gasteiger charge is -2.18. The topological polar surface area (TPSA) is 28.2 Å². The summed E-state index contributed by atoms with van der Waals surface area (Å²) in [6.45, 7) is 6.58. The fourth-order valence-corrected chi connectivity index (χ4v) is 3.52. The van der Waals surface area contributed by atoms with Crippen molar-refractivity contribution in [3.63, 3.8) is 0 Å². The predicted octanol–water partition coefficient (Wildman–Crippen LogP) is 2.66. The summed E-state index contributed by atoms with van der Waals surface area (Å²) >= 11 is 1.83. The third-order valence-corrected chi connectivity index (χ3v) is 4.56. The third kappa shape index (κ3) is 2.22. The van der Waals surface area contributed by atoms with Gasteiger partial charge in [0.15, 0.2) is 5.13 Å². The monoisotopic (exact) mass is 261 g/mol. The zero-order valence-corrected chi connectivity index (χ0v) is 11.6.